The van der Waals surface area contributed by atoms with E-state index in [9.17, 15) is 21.6 Å². The molecule has 2 rings (SSSR count). The molecule has 28 heavy (non-hydrogen) atoms. The molecule has 146 valence electrons. The highest BCUT2D eigenvalue weighted by Crippen LogP contribution is 2.17. The summed E-state index contributed by atoms with van der Waals surface area (Å²) in [6.45, 7) is 0. The minimum Gasteiger partial charge on any atom is -0.360 e. The Labute approximate surface area is 160 Å². The lowest BCUT2D eigenvalue weighted by Gasteiger charge is -2.06. The van der Waals surface area contributed by atoms with Crippen LogP contribution in [-0.4, -0.2) is 31.8 Å². The molecular formula is C16H13N3O7S2. The van der Waals surface area contributed by atoms with Gasteiger partial charge in [0.15, 0.2) is 0 Å². The summed E-state index contributed by atoms with van der Waals surface area (Å²) in [7, 11) is -8.79. The largest absolute Gasteiger partial charge is 0.360 e. The highest BCUT2D eigenvalue weighted by Gasteiger charge is 2.13. The van der Waals surface area contributed by atoms with E-state index in [1.807, 2.05) is 0 Å². The van der Waals surface area contributed by atoms with Gasteiger partial charge in [0, 0.05) is 17.6 Å². The van der Waals surface area contributed by atoms with Crippen LogP contribution < -0.4 is 10.6 Å². The fraction of sp³-hybridized carbons (Fsp3) is 0. The molecular weight excluding hydrogens is 410 g/mol. The van der Waals surface area contributed by atoms with Gasteiger partial charge in [0.25, 0.3) is 26.1 Å². The van der Waals surface area contributed by atoms with Crippen molar-refractivity contribution in [2.75, 3.05) is 10.6 Å². The Balaban J connectivity index is 2.14. The van der Waals surface area contributed by atoms with E-state index in [0.29, 0.717) is 5.69 Å². The Bertz CT molecular complexity index is 1180. The monoisotopic (exact) mass is 423 g/mol. The molecule has 0 saturated carbocycles. The van der Waals surface area contributed by atoms with Crippen molar-refractivity contribution in [2.24, 2.45) is 0 Å². The van der Waals surface area contributed by atoms with Crippen molar-refractivity contribution in [1.29, 1.82) is 5.26 Å². The third-order valence-corrected chi connectivity index (χ3v) is 5.01. The molecule has 0 saturated heterocycles. The van der Waals surface area contributed by atoms with Crippen LogP contribution in [0.3, 0.4) is 0 Å². The van der Waals surface area contributed by atoms with Crippen LogP contribution in [0, 0.1) is 11.3 Å². The predicted octanol–water partition coefficient (Wildman–Crippen LogP) is 1.64. The molecule has 0 fully saturated rings. The van der Waals surface area contributed by atoms with E-state index in [4.69, 9.17) is 14.4 Å². The summed E-state index contributed by atoms with van der Waals surface area (Å²) in [6.07, 6.45) is 1.06. The molecule has 0 aliphatic heterocycles. The average molecular weight is 423 g/mol. The maximum absolute atomic E-state index is 12.1. The van der Waals surface area contributed by atoms with E-state index in [1.165, 1.54) is 24.3 Å². The maximum Gasteiger partial charge on any atom is 0.294 e. The van der Waals surface area contributed by atoms with Gasteiger partial charge in [-0.3, -0.25) is 13.9 Å². The van der Waals surface area contributed by atoms with Gasteiger partial charge in [0.1, 0.15) is 11.6 Å². The Hall–Kier alpha value is -3.24. The molecule has 0 aliphatic rings. The number of hydrogen-bond donors (Lipinski definition) is 4. The number of nitrogens with one attached hydrogen (secondary N) is 2. The van der Waals surface area contributed by atoms with Gasteiger partial charge in [-0.1, -0.05) is 6.07 Å². The minimum absolute atomic E-state index is 0.0405. The quantitative estimate of drug-likeness (QED) is 0.306. The van der Waals surface area contributed by atoms with Gasteiger partial charge in [0.2, 0.25) is 0 Å². The molecule has 10 nitrogen and oxygen atoms in total. The number of carbonyl (C=O) groups excluding carboxylic acids is 1. The molecule has 4 N–H and O–H groups in total. The highest BCUT2D eigenvalue weighted by molar-refractivity contribution is 7.86. The molecule has 2 aromatic rings. The van der Waals surface area contributed by atoms with Crippen molar-refractivity contribution in [1.82, 2.24) is 0 Å². The van der Waals surface area contributed by atoms with Crippen molar-refractivity contribution in [3.8, 4) is 6.07 Å². The zero-order valence-corrected chi connectivity index (χ0v) is 15.5. The van der Waals surface area contributed by atoms with Crippen LogP contribution in [0.15, 0.2) is 70.1 Å². The van der Waals surface area contributed by atoms with E-state index >= 15 is 0 Å². The van der Waals surface area contributed by atoms with Gasteiger partial charge >= 0.3 is 0 Å². The molecule has 1 amide bonds. The number of benzene rings is 2. The van der Waals surface area contributed by atoms with Gasteiger partial charge < -0.3 is 10.6 Å². The molecule has 2 aromatic carbocycles. The maximum atomic E-state index is 12.1. The number of carbonyl (C=O) groups is 1. The van der Waals surface area contributed by atoms with Crippen molar-refractivity contribution in [2.45, 2.75) is 9.79 Å². The van der Waals surface area contributed by atoms with Crippen LogP contribution in [0.25, 0.3) is 0 Å². The first-order valence-electron chi connectivity index (χ1n) is 7.34. The third-order valence-electron chi connectivity index (χ3n) is 3.29. The summed E-state index contributed by atoms with van der Waals surface area (Å²) >= 11 is 0. The van der Waals surface area contributed by atoms with Crippen LogP contribution >= 0.6 is 0 Å². The molecule has 0 unspecified atom stereocenters. The van der Waals surface area contributed by atoms with Crippen molar-refractivity contribution < 1.29 is 30.7 Å². The van der Waals surface area contributed by atoms with Crippen molar-refractivity contribution in [3.63, 3.8) is 0 Å². The second-order valence-electron chi connectivity index (χ2n) is 5.27. The van der Waals surface area contributed by atoms with Gasteiger partial charge in [0.05, 0.1) is 9.79 Å². The Morgan fingerprint density at radius 2 is 1.54 bits per heavy atom. The van der Waals surface area contributed by atoms with Gasteiger partial charge in [-0.25, -0.2) is 0 Å². The third kappa shape index (κ3) is 5.63. The van der Waals surface area contributed by atoms with Crippen LogP contribution in [0.4, 0.5) is 11.4 Å². The standard InChI is InChI=1S/C16H13N3O7S2/c17-9-11(10-18-12-4-6-14(7-5-12)27(21,22)23)16(20)19-13-2-1-3-15(8-13)28(24,25)26/h1-8,10,18H,(H,19,20)(H,21,22,23)(H,24,25,26)/b11-10-. The average Bonchev–Trinajstić information content (AvgIpc) is 2.61. The van der Waals surface area contributed by atoms with Crippen LogP contribution in [0.5, 0.6) is 0 Å². The van der Waals surface area contributed by atoms with Crippen LogP contribution in [0.2, 0.25) is 0 Å². The zero-order chi connectivity index (χ0) is 20.9. The molecule has 0 aromatic heterocycles. The topological polar surface area (TPSA) is 174 Å². The lowest BCUT2D eigenvalue weighted by Crippen LogP contribution is -2.15. The summed E-state index contributed by atoms with van der Waals surface area (Å²) in [5.74, 6) is -0.850. The molecule has 0 radical (unpaired) electrons. The first-order chi connectivity index (χ1) is 13.0. The fourth-order valence-electron chi connectivity index (χ4n) is 1.96. The van der Waals surface area contributed by atoms with Gasteiger partial charge in [-0.05, 0) is 42.5 Å². The second-order valence-corrected chi connectivity index (χ2v) is 8.11. The molecule has 0 bridgehead atoms. The first-order valence-corrected chi connectivity index (χ1v) is 10.2. The normalized spacial score (nSPS) is 12.1. The van der Waals surface area contributed by atoms with E-state index in [-0.39, 0.29) is 16.2 Å². The van der Waals surface area contributed by atoms with E-state index in [1.54, 1.807) is 6.07 Å². The number of nitriles is 1. The first kappa shape index (κ1) is 21.1. The summed E-state index contributed by atoms with van der Waals surface area (Å²) < 4.78 is 62.1. The fourth-order valence-corrected chi connectivity index (χ4v) is 2.97. The van der Waals surface area contributed by atoms with E-state index in [2.05, 4.69) is 10.6 Å². The Morgan fingerprint density at radius 1 is 0.929 bits per heavy atom. The number of anilines is 2. The molecule has 0 heterocycles. The van der Waals surface area contributed by atoms with Gasteiger partial charge in [-0.15, -0.1) is 0 Å². The van der Waals surface area contributed by atoms with Crippen LogP contribution in [0.1, 0.15) is 0 Å². The van der Waals surface area contributed by atoms with Crippen LogP contribution in [-0.2, 0) is 25.0 Å². The second kappa shape index (κ2) is 8.19. The predicted molar refractivity (Wildman–Crippen MR) is 98.5 cm³/mol. The number of amides is 1. The zero-order valence-electron chi connectivity index (χ0n) is 13.9. The van der Waals surface area contributed by atoms with Crippen molar-refractivity contribution in [3.05, 3.63) is 60.3 Å². The summed E-state index contributed by atoms with van der Waals surface area (Å²) in [4.78, 5) is 11.4. The highest BCUT2D eigenvalue weighted by atomic mass is 32.2. The molecule has 0 atom stereocenters. The summed E-state index contributed by atoms with van der Waals surface area (Å²) in [6, 6.07) is 11.3. The number of nitrogens with zero attached hydrogens (tertiary/aromatic N) is 1. The lowest BCUT2D eigenvalue weighted by molar-refractivity contribution is -0.112. The van der Waals surface area contributed by atoms with Gasteiger partial charge in [-0.2, -0.15) is 22.1 Å². The minimum atomic E-state index is -4.45. The molecule has 12 heteroatoms. The number of hydrogen-bond acceptors (Lipinski definition) is 7. The van der Waals surface area contributed by atoms with Crippen molar-refractivity contribution >= 4 is 37.5 Å². The Morgan fingerprint density at radius 3 is 2.07 bits per heavy atom. The Kier molecular flexibility index (Phi) is 6.16. The molecule has 0 spiro atoms. The van der Waals surface area contributed by atoms with E-state index in [0.717, 1.165) is 30.5 Å². The molecule has 0 aliphatic carbocycles. The summed E-state index contributed by atoms with van der Waals surface area (Å²) in [5, 5.41) is 14.1. The SMILES string of the molecule is N#C/C(=C/Nc1ccc(S(=O)(=O)O)cc1)C(=O)Nc1cccc(S(=O)(=O)O)c1. The number of rotatable bonds is 6. The summed E-state index contributed by atoms with van der Waals surface area (Å²) in [5.41, 5.74) is 0.0104. The smallest absolute Gasteiger partial charge is 0.294 e. The van der Waals surface area contributed by atoms with E-state index < -0.39 is 31.0 Å². The lowest BCUT2D eigenvalue weighted by atomic mass is 10.2.